The molecule has 1 spiro atoms. The Morgan fingerprint density at radius 3 is 2.63 bits per heavy atom. The van der Waals surface area contributed by atoms with Crippen LogP contribution in [0.4, 0.5) is 5.69 Å². The van der Waals surface area contributed by atoms with E-state index >= 15 is 0 Å². The molecule has 3 saturated heterocycles. The summed E-state index contributed by atoms with van der Waals surface area (Å²) in [5.41, 5.74) is -1.35. The van der Waals surface area contributed by atoms with Crippen molar-refractivity contribution in [2.24, 2.45) is 11.8 Å². The molecule has 1 aromatic rings. The average Bonchev–Trinajstić information content (AvgIpc) is 3.39. The highest BCUT2D eigenvalue weighted by molar-refractivity contribution is 6.33. The minimum Gasteiger partial charge on any atom is -0.396 e. The van der Waals surface area contributed by atoms with Crippen molar-refractivity contribution in [3.8, 4) is 0 Å². The van der Waals surface area contributed by atoms with E-state index in [4.69, 9.17) is 21.4 Å². The fourth-order valence-electron chi connectivity index (χ4n) is 6.24. The number of rotatable bonds is 11. The molecule has 4 rings (SSSR count). The highest BCUT2D eigenvalue weighted by Crippen LogP contribution is 2.63. The number of hydrogen-bond donors (Lipinski definition) is 3. The van der Waals surface area contributed by atoms with Crippen LogP contribution in [0.2, 0.25) is 5.02 Å². The van der Waals surface area contributed by atoms with Gasteiger partial charge in [-0.3, -0.25) is 14.4 Å². The van der Waals surface area contributed by atoms with Crippen molar-refractivity contribution in [1.82, 2.24) is 10.2 Å². The van der Waals surface area contributed by atoms with Gasteiger partial charge in [0.15, 0.2) is 0 Å². The quantitative estimate of drug-likeness (QED) is 0.400. The third-order valence-electron chi connectivity index (χ3n) is 7.80. The molecule has 192 valence electrons. The number of carbonyl (C=O) groups is 3. The standard InChI is InChI=1S/C26H36ClN3O5/c1-3-14-28-22(32)19-20-24(34)30(15-8-4-5-9-16-31)21(26(20)13-12-25(19,2)35-26)23(33)29-18-11-7-6-10-17(18)27/h6-7,10-11,19-21,31H,3-5,8-9,12-16H2,1-2H3,(H,28,32)(H,29,33)/t19-,20-,21?,25+,26?/m0/s1. The Bertz CT molecular complexity index is 974. The first-order valence-corrected chi connectivity index (χ1v) is 13.1. The topological polar surface area (TPSA) is 108 Å². The molecule has 35 heavy (non-hydrogen) atoms. The van der Waals surface area contributed by atoms with Crippen molar-refractivity contribution in [2.75, 3.05) is 25.0 Å². The normalized spacial score (nSPS) is 31.0. The maximum Gasteiger partial charge on any atom is 0.250 e. The van der Waals surface area contributed by atoms with Crippen LogP contribution in [0, 0.1) is 11.8 Å². The van der Waals surface area contributed by atoms with Gasteiger partial charge < -0.3 is 25.4 Å². The van der Waals surface area contributed by atoms with E-state index in [1.807, 2.05) is 13.8 Å². The summed E-state index contributed by atoms with van der Waals surface area (Å²) >= 11 is 6.30. The Hall–Kier alpha value is -2.16. The lowest BCUT2D eigenvalue weighted by molar-refractivity contribution is -0.144. The summed E-state index contributed by atoms with van der Waals surface area (Å²) in [5.74, 6) is -2.04. The Morgan fingerprint density at radius 2 is 1.91 bits per heavy atom. The Balaban J connectivity index is 1.65. The number of benzene rings is 1. The number of likely N-dealkylation sites (tertiary alicyclic amines) is 1. The van der Waals surface area contributed by atoms with E-state index in [1.54, 1.807) is 29.2 Å². The zero-order valence-electron chi connectivity index (χ0n) is 20.5. The van der Waals surface area contributed by atoms with Crippen molar-refractivity contribution < 1.29 is 24.2 Å². The van der Waals surface area contributed by atoms with Crippen LogP contribution in [0.25, 0.3) is 0 Å². The van der Waals surface area contributed by atoms with Gasteiger partial charge in [0.1, 0.15) is 11.6 Å². The minimum atomic E-state index is -1.05. The summed E-state index contributed by atoms with van der Waals surface area (Å²) in [7, 11) is 0. The van der Waals surface area contributed by atoms with Crippen LogP contribution in [-0.2, 0) is 19.1 Å². The Kier molecular flexibility index (Phi) is 7.74. The van der Waals surface area contributed by atoms with E-state index in [2.05, 4.69) is 10.6 Å². The van der Waals surface area contributed by atoms with Crippen LogP contribution in [0.15, 0.2) is 24.3 Å². The molecular formula is C26H36ClN3O5. The maximum atomic E-state index is 13.9. The first kappa shape index (κ1) is 25.9. The predicted molar refractivity (Wildman–Crippen MR) is 133 cm³/mol. The van der Waals surface area contributed by atoms with Gasteiger partial charge in [0.25, 0.3) is 0 Å². The molecule has 9 heteroatoms. The molecule has 0 aliphatic carbocycles. The monoisotopic (exact) mass is 505 g/mol. The molecule has 2 unspecified atom stereocenters. The molecule has 5 atom stereocenters. The van der Waals surface area contributed by atoms with Crippen LogP contribution in [0.5, 0.6) is 0 Å². The number of unbranched alkanes of at least 4 members (excludes halogenated alkanes) is 3. The fourth-order valence-corrected chi connectivity index (χ4v) is 6.42. The number of aliphatic hydroxyl groups is 1. The molecule has 3 fully saturated rings. The van der Waals surface area contributed by atoms with Gasteiger partial charge in [0.05, 0.1) is 28.1 Å². The largest absolute Gasteiger partial charge is 0.396 e. The van der Waals surface area contributed by atoms with E-state index in [0.717, 1.165) is 19.3 Å². The molecule has 0 aromatic heterocycles. The molecule has 0 saturated carbocycles. The lowest BCUT2D eigenvalue weighted by Gasteiger charge is -2.33. The Labute approximate surface area is 211 Å². The van der Waals surface area contributed by atoms with E-state index in [1.165, 1.54) is 0 Å². The molecule has 0 radical (unpaired) electrons. The summed E-state index contributed by atoms with van der Waals surface area (Å²) in [6.45, 7) is 4.94. The number of fused-ring (bicyclic) bond motifs is 1. The molecule has 2 bridgehead atoms. The number of carbonyl (C=O) groups excluding carboxylic acids is 3. The molecular weight excluding hydrogens is 470 g/mol. The second-order valence-corrected chi connectivity index (χ2v) is 10.6. The summed E-state index contributed by atoms with van der Waals surface area (Å²) in [5, 5.41) is 15.3. The summed E-state index contributed by atoms with van der Waals surface area (Å²) in [4.78, 5) is 42.5. The van der Waals surface area contributed by atoms with Gasteiger partial charge >= 0.3 is 0 Å². The van der Waals surface area contributed by atoms with E-state index in [0.29, 0.717) is 49.5 Å². The molecule has 8 nitrogen and oxygen atoms in total. The van der Waals surface area contributed by atoms with Crippen molar-refractivity contribution in [3.63, 3.8) is 0 Å². The number of amides is 3. The van der Waals surface area contributed by atoms with Crippen molar-refractivity contribution in [1.29, 1.82) is 0 Å². The smallest absolute Gasteiger partial charge is 0.250 e. The number of halogens is 1. The molecule has 3 N–H and O–H groups in total. The van der Waals surface area contributed by atoms with Crippen LogP contribution in [0.1, 0.15) is 58.8 Å². The first-order valence-electron chi connectivity index (χ1n) is 12.7. The average molecular weight is 506 g/mol. The number of hydrogen-bond acceptors (Lipinski definition) is 5. The second-order valence-electron chi connectivity index (χ2n) is 10.2. The van der Waals surface area contributed by atoms with Crippen LogP contribution >= 0.6 is 11.6 Å². The van der Waals surface area contributed by atoms with Gasteiger partial charge in [-0.25, -0.2) is 0 Å². The van der Waals surface area contributed by atoms with Crippen LogP contribution < -0.4 is 10.6 Å². The summed E-state index contributed by atoms with van der Waals surface area (Å²) < 4.78 is 6.58. The van der Waals surface area contributed by atoms with Crippen LogP contribution in [0.3, 0.4) is 0 Å². The number of nitrogens with zero attached hydrogens (tertiary/aromatic N) is 1. The second kappa shape index (κ2) is 10.4. The van der Waals surface area contributed by atoms with Gasteiger partial charge in [-0.1, -0.05) is 43.5 Å². The zero-order chi connectivity index (χ0) is 25.2. The summed E-state index contributed by atoms with van der Waals surface area (Å²) in [6.07, 6.45) is 5.04. The third-order valence-corrected chi connectivity index (χ3v) is 8.13. The van der Waals surface area contributed by atoms with E-state index < -0.39 is 29.1 Å². The number of nitrogens with one attached hydrogen (secondary N) is 2. The van der Waals surface area contributed by atoms with E-state index in [9.17, 15) is 14.4 Å². The van der Waals surface area contributed by atoms with E-state index in [-0.39, 0.29) is 24.3 Å². The number of para-hydroxylation sites is 1. The van der Waals surface area contributed by atoms with Gasteiger partial charge in [-0.2, -0.15) is 0 Å². The number of aliphatic hydroxyl groups excluding tert-OH is 1. The third kappa shape index (κ3) is 4.56. The number of ether oxygens (including phenoxy) is 1. The summed E-state index contributed by atoms with van der Waals surface area (Å²) in [6, 6.07) is 6.14. The van der Waals surface area contributed by atoms with Gasteiger partial charge in [-0.15, -0.1) is 0 Å². The molecule has 3 heterocycles. The fraction of sp³-hybridized carbons (Fsp3) is 0.654. The lowest BCUT2D eigenvalue weighted by atomic mass is 9.66. The van der Waals surface area contributed by atoms with Gasteiger partial charge in [0.2, 0.25) is 17.7 Å². The molecule has 3 aliphatic heterocycles. The maximum absolute atomic E-state index is 13.9. The molecule has 3 aliphatic rings. The molecule has 3 amide bonds. The van der Waals surface area contributed by atoms with Gasteiger partial charge in [-0.05, 0) is 51.2 Å². The first-order chi connectivity index (χ1) is 16.8. The predicted octanol–water partition coefficient (Wildman–Crippen LogP) is 3.12. The van der Waals surface area contributed by atoms with Crippen molar-refractivity contribution >= 4 is 35.0 Å². The lowest BCUT2D eigenvalue weighted by Crippen LogP contribution is -2.53. The zero-order valence-corrected chi connectivity index (χ0v) is 21.3. The van der Waals surface area contributed by atoms with Crippen LogP contribution in [-0.4, -0.2) is 64.7 Å². The van der Waals surface area contributed by atoms with Gasteiger partial charge in [0, 0.05) is 19.7 Å². The molecule has 1 aromatic carbocycles. The van der Waals surface area contributed by atoms with Crippen molar-refractivity contribution in [2.45, 2.75) is 76.0 Å². The highest BCUT2D eigenvalue weighted by atomic mass is 35.5. The SMILES string of the molecule is CCCNC(=O)[C@@H]1[C@H]2C(=O)N(CCCCCCO)C(C(=O)Nc3ccccc3Cl)C23CC[C@@]1(C)O3. The Morgan fingerprint density at radius 1 is 1.17 bits per heavy atom. The minimum absolute atomic E-state index is 0.137. The highest BCUT2D eigenvalue weighted by Gasteiger charge is 2.77. The number of anilines is 1. The van der Waals surface area contributed by atoms with Crippen molar-refractivity contribution in [3.05, 3.63) is 29.3 Å².